The van der Waals surface area contributed by atoms with Gasteiger partial charge in [0.25, 0.3) is 5.91 Å². The number of hydrogen-bond donors (Lipinski definition) is 2. The van der Waals surface area contributed by atoms with Crippen molar-refractivity contribution >= 4 is 17.5 Å². The van der Waals surface area contributed by atoms with Crippen molar-refractivity contribution in [2.45, 2.75) is 0 Å². The molecule has 6 heteroatoms. The third kappa shape index (κ3) is 5.86. The van der Waals surface area contributed by atoms with Crippen molar-refractivity contribution in [2.24, 2.45) is 5.73 Å². The van der Waals surface area contributed by atoms with Crippen molar-refractivity contribution in [2.75, 3.05) is 32.9 Å². The average molecular weight is 273 g/mol. The molecule has 0 radical (unpaired) electrons. The molecule has 1 aromatic carbocycles. The van der Waals surface area contributed by atoms with Crippen LogP contribution >= 0.6 is 11.6 Å². The molecule has 0 saturated carbocycles. The Labute approximate surface area is 111 Å². The zero-order valence-electron chi connectivity index (χ0n) is 10.0. The molecule has 1 aromatic rings. The first-order valence-electron chi connectivity index (χ1n) is 5.66. The minimum absolute atomic E-state index is 0.0688. The molecule has 0 saturated heterocycles. The summed E-state index contributed by atoms with van der Waals surface area (Å²) in [6.45, 7) is 1.77. The quantitative estimate of drug-likeness (QED) is 0.687. The SMILES string of the molecule is NCCOCCNC(=O)COc1ccccc1Cl. The van der Waals surface area contributed by atoms with Gasteiger partial charge in [-0.2, -0.15) is 0 Å². The molecule has 0 aromatic heterocycles. The number of carbonyl (C=O) groups is 1. The van der Waals surface area contributed by atoms with Gasteiger partial charge in [0.05, 0.1) is 18.2 Å². The molecule has 100 valence electrons. The molecule has 0 aliphatic rings. The van der Waals surface area contributed by atoms with Crippen LogP contribution in [0.4, 0.5) is 0 Å². The fourth-order valence-electron chi connectivity index (χ4n) is 1.20. The van der Waals surface area contributed by atoms with Crippen LogP contribution in [-0.2, 0) is 9.53 Å². The highest BCUT2D eigenvalue weighted by Gasteiger charge is 2.04. The number of para-hydroxylation sites is 1. The highest BCUT2D eigenvalue weighted by molar-refractivity contribution is 6.32. The van der Waals surface area contributed by atoms with Crippen LogP contribution < -0.4 is 15.8 Å². The summed E-state index contributed by atoms with van der Waals surface area (Å²) in [4.78, 5) is 11.4. The van der Waals surface area contributed by atoms with Crippen LogP contribution in [0.15, 0.2) is 24.3 Å². The first-order chi connectivity index (χ1) is 8.74. The lowest BCUT2D eigenvalue weighted by atomic mass is 10.3. The van der Waals surface area contributed by atoms with Crippen LogP contribution in [0.2, 0.25) is 5.02 Å². The molecular formula is C12H17ClN2O3. The summed E-state index contributed by atoms with van der Waals surface area (Å²) < 4.78 is 10.4. The van der Waals surface area contributed by atoms with E-state index in [0.717, 1.165) is 0 Å². The summed E-state index contributed by atoms with van der Waals surface area (Å²) in [5, 5.41) is 3.14. The number of nitrogens with one attached hydrogen (secondary N) is 1. The molecule has 0 spiro atoms. The van der Waals surface area contributed by atoms with Crippen molar-refractivity contribution in [3.8, 4) is 5.75 Å². The maximum Gasteiger partial charge on any atom is 0.258 e. The van der Waals surface area contributed by atoms with Gasteiger partial charge in [-0.05, 0) is 12.1 Å². The van der Waals surface area contributed by atoms with Gasteiger partial charge < -0.3 is 20.5 Å². The molecule has 1 amide bonds. The Hall–Kier alpha value is -1.30. The third-order valence-electron chi connectivity index (χ3n) is 2.03. The second kappa shape index (κ2) is 8.74. The predicted octanol–water partition coefficient (Wildman–Crippen LogP) is 0.810. The van der Waals surface area contributed by atoms with Gasteiger partial charge in [-0.3, -0.25) is 4.79 Å². The summed E-state index contributed by atoms with van der Waals surface area (Å²) >= 11 is 5.88. The number of rotatable bonds is 8. The number of benzene rings is 1. The zero-order valence-corrected chi connectivity index (χ0v) is 10.8. The molecule has 3 N–H and O–H groups in total. The zero-order chi connectivity index (χ0) is 13.2. The highest BCUT2D eigenvalue weighted by Crippen LogP contribution is 2.22. The van der Waals surface area contributed by atoms with Gasteiger partial charge in [0.15, 0.2) is 6.61 Å². The Morgan fingerprint density at radius 2 is 2.11 bits per heavy atom. The molecule has 0 aliphatic carbocycles. The first-order valence-corrected chi connectivity index (χ1v) is 6.03. The lowest BCUT2D eigenvalue weighted by molar-refractivity contribution is -0.123. The maximum absolute atomic E-state index is 11.4. The van der Waals surface area contributed by atoms with E-state index in [4.69, 9.17) is 26.8 Å². The summed E-state index contributed by atoms with van der Waals surface area (Å²) in [5.41, 5.74) is 5.25. The van der Waals surface area contributed by atoms with Crippen LogP contribution in [0.5, 0.6) is 5.75 Å². The van der Waals surface area contributed by atoms with Gasteiger partial charge in [0.1, 0.15) is 5.75 Å². The topological polar surface area (TPSA) is 73.6 Å². The van der Waals surface area contributed by atoms with Crippen LogP contribution in [0.25, 0.3) is 0 Å². The smallest absolute Gasteiger partial charge is 0.258 e. The predicted molar refractivity (Wildman–Crippen MR) is 69.8 cm³/mol. The van der Waals surface area contributed by atoms with Crippen molar-refractivity contribution in [3.05, 3.63) is 29.3 Å². The van der Waals surface area contributed by atoms with E-state index < -0.39 is 0 Å². The number of halogens is 1. The Morgan fingerprint density at radius 1 is 1.33 bits per heavy atom. The molecule has 0 bridgehead atoms. The first kappa shape index (κ1) is 14.8. The van der Waals surface area contributed by atoms with E-state index in [-0.39, 0.29) is 12.5 Å². The molecule has 18 heavy (non-hydrogen) atoms. The maximum atomic E-state index is 11.4. The minimum Gasteiger partial charge on any atom is -0.482 e. The fourth-order valence-corrected chi connectivity index (χ4v) is 1.39. The van der Waals surface area contributed by atoms with E-state index in [2.05, 4.69) is 5.32 Å². The summed E-state index contributed by atoms with van der Waals surface area (Å²) in [7, 11) is 0. The van der Waals surface area contributed by atoms with Gasteiger partial charge in [0, 0.05) is 13.1 Å². The van der Waals surface area contributed by atoms with Crippen LogP contribution in [0, 0.1) is 0 Å². The third-order valence-corrected chi connectivity index (χ3v) is 2.34. The van der Waals surface area contributed by atoms with E-state index >= 15 is 0 Å². The van der Waals surface area contributed by atoms with Gasteiger partial charge in [-0.25, -0.2) is 0 Å². The van der Waals surface area contributed by atoms with Crippen LogP contribution in [0.3, 0.4) is 0 Å². The van der Waals surface area contributed by atoms with Gasteiger partial charge in [0.2, 0.25) is 0 Å². The lowest BCUT2D eigenvalue weighted by Gasteiger charge is -2.08. The summed E-state index contributed by atoms with van der Waals surface area (Å²) in [6, 6.07) is 7.00. The monoisotopic (exact) mass is 272 g/mol. The van der Waals surface area contributed by atoms with Crippen molar-refractivity contribution in [3.63, 3.8) is 0 Å². The molecule has 0 aliphatic heterocycles. The largest absolute Gasteiger partial charge is 0.482 e. The van der Waals surface area contributed by atoms with E-state index in [1.165, 1.54) is 0 Å². The molecule has 0 fully saturated rings. The van der Waals surface area contributed by atoms with Crippen molar-refractivity contribution < 1.29 is 14.3 Å². The highest BCUT2D eigenvalue weighted by atomic mass is 35.5. The fraction of sp³-hybridized carbons (Fsp3) is 0.417. The van der Waals surface area contributed by atoms with Crippen LogP contribution in [-0.4, -0.2) is 38.8 Å². The number of ether oxygens (including phenoxy) is 2. The lowest BCUT2D eigenvalue weighted by Crippen LogP contribution is -2.32. The Kier molecular flexibility index (Phi) is 7.17. The second-order valence-corrected chi connectivity index (χ2v) is 3.88. The molecule has 5 nitrogen and oxygen atoms in total. The molecule has 0 atom stereocenters. The van der Waals surface area contributed by atoms with Gasteiger partial charge in [-0.15, -0.1) is 0 Å². The van der Waals surface area contributed by atoms with Gasteiger partial charge in [-0.1, -0.05) is 23.7 Å². The molecule has 0 heterocycles. The van der Waals surface area contributed by atoms with E-state index in [0.29, 0.717) is 37.1 Å². The molecular weight excluding hydrogens is 256 g/mol. The second-order valence-electron chi connectivity index (χ2n) is 3.47. The Bertz CT molecular complexity index is 374. The minimum atomic E-state index is -0.216. The Balaban J connectivity index is 2.15. The summed E-state index contributed by atoms with van der Waals surface area (Å²) in [6.07, 6.45) is 0. The number of hydrogen-bond acceptors (Lipinski definition) is 4. The molecule has 0 unspecified atom stereocenters. The number of amides is 1. The van der Waals surface area contributed by atoms with Crippen molar-refractivity contribution in [1.29, 1.82) is 0 Å². The van der Waals surface area contributed by atoms with Gasteiger partial charge >= 0.3 is 0 Å². The van der Waals surface area contributed by atoms with E-state index in [1.807, 2.05) is 0 Å². The number of nitrogens with two attached hydrogens (primary N) is 1. The molecule has 1 rings (SSSR count). The Morgan fingerprint density at radius 3 is 2.83 bits per heavy atom. The standard InChI is InChI=1S/C12H17ClN2O3/c13-10-3-1-2-4-11(10)18-9-12(16)15-6-8-17-7-5-14/h1-4H,5-9,14H2,(H,15,16). The number of carbonyl (C=O) groups excluding carboxylic acids is 1. The van der Waals surface area contributed by atoms with Crippen molar-refractivity contribution in [1.82, 2.24) is 5.32 Å². The van der Waals surface area contributed by atoms with Crippen LogP contribution in [0.1, 0.15) is 0 Å². The average Bonchev–Trinajstić information content (AvgIpc) is 2.37. The van der Waals surface area contributed by atoms with E-state index in [1.54, 1.807) is 24.3 Å². The summed E-state index contributed by atoms with van der Waals surface area (Å²) in [5.74, 6) is 0.278. The normalized spacial score (nSPS) is 10.1. The van der Waals surface area contributed by atoms with E-state index in [9.17, 15) is 4.79 Å².